The molecule has 4 heteroatoms. The first-order chi connectivity index (χ1) is 11.3. The SMILES string of the molecule is COc1c2c3c(c4c1OCO4)-c1ccccc1C[C@H]3N(C)CC2. The number of benzene rings is 2. The lowest BCUT2D eigenvalue weighted by molar-refractivity contribution is 0.171. The van der Waals surface area contributed by atoms with E-state index in [1.165, 1.54) is 27.8 Å². The molecular weight excluding hydrogens is 290 g/mol. The van der Waals surface area contributed by atoms with Crippen LogP contribution in [0.2, 0.25) is 0 Å². The van der Waals surface area contributed by atoms with Crippen molar-refractivity contribution in [2.24, 2.45) is 0 Å². The number of likely N-dealkylation sites (N-methyl/N-ethyl adjacent to an activating group) is 1. The van der Waals surface area contributed by atoms with E-state index in [1.807, 2.05) is 0 Å². The van der Waals surface area contributed by atoms with Crippen molar-refractivity contribution in [3.8, 4) is 28.4 Å². The zero-order valence-corrected chi connectivity index (χ0v) is 13.4. The molecule has 0 N–H and O–H groups in total. The molecule has 0 aromatic heterocycles. The monoisotopic (exact) mass is 309 g/mol. The summed E-state index contributed by atoms with van der Waals surface area (Å²) in [5.41, 5.74) is 6.54. The van der Waals surface area contributed by atoms with Gasteiger partial charge in [-0.05, 0) is 36.6 Å². The molecule has 4 nitrogen and oxygen atoms in total. The van der Waals surface area contributed by atoms with E-state index >= 15 is 0 Å². The summed E-state index contributed by atoms with van der Waals surface area (Å²) in [7, 11) is 3.94. The van der Waals surface area contributed by atoms with Gasteiger partial charge in [-0.2, -0.15) is 0 Å². The van der Waals surface area contributed by atoms with Crippen molar-refractivity contribution in [1.82, 2.24) is 4.90 Å². The van der Waals surface area contributed by atoms with Gasteiger partial charge in [0.25, 0.3) is 0 Å². The van der Waals surface area contributed by atoms with Crippen LogP contribution in [0.1, 0.15) is 22.7 Å². The number of nitrogens with zero attached hydrogens (tertiary/aromatic N) is 1. The first kappa shape index (κ1) is 13.3. The third kappa shape index (κ3) is 1.64. The second-order valence-electron chi connectivity index (χ2n) is 6.47. The van der Waals surface area contributed by atoms with Crippen molar-refractivity contribution >= 4 is 0 Å². The van der Waals surface area contributed by atoms with Gasteiger partial charge in [0.05, 0.1) is 7.11 Å². The number of methoxy groups -OCH3 is 1. The van der Waals surface area contributed by atoms with Gasteiger partial charge in [0.15, 0.2) is 11.5 Å². The highest BCUT2D eigenvalue weighted by Crippen LogP contribution is 2.57. The van der Waals surface area contributed by atoms with Crippen molar-refractivity contribution in [2.75, 3.05) is 27.5 Å². The Morgan fingerprint density at radius 2 is 2.00 bits per heavy atom. The maximum absolute atomic E-state index is 5.88. The maximum atomic E-state index is 5.88. The highest BCUT2D eigenvalue weighted by molar-refractivity contribution is 5.86. The van der Waals surface area contributed by atoms with E-state index < -0.39 is 0 Å². The molecule has 0 spiro atoms. The second-order valence-corrected chi connectivity index (χ2v) is 6.47. The molecule has 1 atom stereocenters. The van der Waals surface area contributed by atoms with Crippen molar-refractivity contribution in [2.45, 2.75) is 18.9 Å². The number of rotatable bonds is 1. The predicted molar refractivity (Wildman–Crippen MR) is 87.3 cm³/mol. The molecule has 1 aliphatic carbocycles. The van der Waals surface area contributed by atoms with Crippen LogP contribution in [-0.2, 0) is 12.8 Å². The van der Waals surface area contributed by atoms with Crippen LogP contribution in [0.3, 0.4) is 0 Å². The Morgan fingerprint density at radius 3 is 2.87 bits per heavy atom. The molecule has 2 aromatic rings. The largest absolute Gasteiger partial charge is 0.492 e. The summed E-state index contributed by atoms with van der Waals surface area (Å²) < 4.78 is 17.4. The van der Waals surface area contributed by atoms with Crippen molar-refractivity contribution in [3.63, 3.8) is 0 Å². The van der Waals surface area contributed by atoms with Crippen LogP contribution in [0.4, 0.5) is 0 Å². The molecule has 0 radical (unpaired) electrons. The molecule has 0 amide bonds. The van der Waals surface area contributed by atoms with Crippen LogP contribution in [0.25, 0.3) is 11.1 Å². The zero-order chi connectivity index (χ0) is 15.6. The summed E-state index contributed by atoms with van der Waals surface area (Å²) in [5.74, 6) is 2.50. The van der Waals surface area contributed by atoms with E-state index in [0.717, 1.165) is 36.6 Å². The molecule has 118 valence electrons. The standard InChI is InChI=1S/C19H19NO3/c1-20-8-7-13-15-14(20)9-11-5-3-4-6-12(11)16(15)18-19(17(13)21-2)23-10-22-18/h3-6,14H,7-10H2,1-2H3/t14-/m1/s1. The van der Waals surface area contributed by atoms with Gasteiger partial charge in [0.1, 0.15) is 0 Å². The summed E-state index contributed by atoms with van der Waals surface area (Å²) in [5, 5.41) is 0. The van der Waals surface area contributed by atoms with E-state index in [4.69, 9.17) is 14.2 Å². The van der Waals surface area contributed by atoms with Crippen LogP contribution in [-0.4, -0.2) is 32.4 Å². The molecule has 5 rings (SSSR count). The second kappa shape index (κ2) is 4.65. The van der Waals surface area contributed by atoms with Gasteiger partial charge in [-0.3, -0.25) is 4.90 Å². The molecule has 0 fully saturated rings. The zero-order valence-electron chi connectivity index (χ0n) is 13.4. The number of fused-ring (bicyclic) bond motifs is 4. The Morgan fingerprint density at radius 1 is 1.17 bits per heavy atom. The Hall–Kier alpha value is -2.20. The average molecular weight is 309 g/mol. The van der Waals surface area contributed by atoms with Gasteiger partial charge in [-0.25, -0.2) is 0 Å². The fourth-order valence-corrected chi connectivity index (χ4v) is 4.34. The topological polar surface area (TPSA) is 30.9 Å². The van der Waals surface area contributed by atoms with Crippen molar-refractivity contribution in [3.05, 3.63) is 41.0 Å². The number of hydrogen-bond acceptors (Lipinski definition) is 4. The Balaban J connectivity index is 1.91. The molecule has 23 heavy (non-hydrogen) atoms. The molecule has 0 unspecified atom stereocenters. The fourth-order valence-electron chi connectivity index (χ4n) is 4.34. The summed E-state index contributed by atoms with van der Waals surface area (Å²) in [6, 6.07) is 9.03. The Bertz CT molecular complexity index is 815. The van der Waals surface area contributed by atoms with Crippen molar-refractivity contribution < 1.29 is 14.2 Å². The molecule has 0 bridgehead atoms. The number of hydrogen-bond donors (Lipinski definition) is 0. The minimum atomic E-state index is 0.268. The molecular formula is C19H19NO3. The molecule has 2 heterocycles. The summed E-state index contributed by atoms with van der Waals surface area (Å²) >= 11 is 0. The van der Waals surface area contributed by atoms with E-state index in [-0.39, 0.29) is 6.79 Å². The molecule has 0 saturated heterocycles. The first-order valence-corrected chi connectivity index (χ1v) is 8.10. The van der Waals surface area contributed by atoms with Crippen LogP contribution in [0, 0.1) is 0 Å². The van der Waals surface area contributed by atoms with Crippen LogP contribution < -0.4 is 14.2 Å². The Labute approximate surface area is 135 Å². The lowest BCUT2D eigenvalue weighted by Gasteiger charge is -2.40. The Kier molecular flexibility index (Phi) is 2.68. The smallest absolute Gasteiger partial charge is 0.231 e. The highest BCUT2D eigenvalue weighted by atomic mass is 16.7. The summed E-state index contributed by atoms with van der Waals surface area (Å²) in [6.07, 6.45) is 2.02. The van der Waals surface area contributed by atoms with Crippen molar-refractivity contribution in [1.29, 1.82) is 0 Å². The predicted octanol–water partition coefficient (Wildman–Crippen LogP) is 3.18. The lowest BCUT2D eigenvalue weighted by Crippen LogP contribution is -2.35. The number of ether oxygens (including phenoxy) is 3. The van der Waals surface area contributed by atoms with E-state index in [0.29, 0.717) is 6.04 Å². The third-order valence-electron chi connectivity index (χ3n) is 5.40. The van der Waals surface area contributed by atoms with E-state index in [9.17, 15) is 0 Å². The minimum Gasteiger partial charge on any atom is -0.492 e. The highest BCUT2D eigenvalue weighted by Gasteiger charge is 2.40. The van der Waals surface area contributed by atoms with Gasteiger partial charge in [-0.1, -0.05) is 24.3 Å². The maximum Gasteiger partial charge on any atom is 0.231 e. The quantitative estimate of drug-likeness (QED) is 0.809. The minimum absolute atomic E-state index is 0.268. The molecule has 3 aliphatic rings. The van der Waals surface area contributed by atoms with Gasteiger partial charge in [0, 0.05) is 23.7 Å². The molecule has 0 saturated carbocycles. The lowest BCUT2D eigenvalue weighted by atomic mass is 9.76. The van der Waals surface area contributed by atoms with Crippen LogP contribution in [0.5, 0.6) is 17.2 Å². The molecule has 2 aliphatic heterocycles. The van der Waals surface area contributed by atoms with Crippen LogP contribution in [0.15, 0.2) is 24.3 Å². The van der Waals surface area contributed by atoms with Gasteiger partial charge < -0.3 is 14.2 Å². The summed E-state index contributed by atoms with van der Waals surface area (Å²) in [6.45, 7) is 1.31. The normalized spacial score (nSPS) is 20.9. The fraction of sp³-hybridized carbons (Fsp3) is 0.368. The van der Waals surface area contributed by atoms with Crippen LogP contribution >= 0.6 is 0 Å². The van der Waals surface area contributed by atoms with Gasteiger partial charge in [0.2, 0.25) is 12.5 Å². The van der Waals surface area contributed by atoms with E-state index in [2.05, 4.69) is 36.2 Å². The van der Waals surface area contributed by atoms with Gasteiger partial charge >= 0.3 is 0 Å². The average Bonchev–Trinajstić information content (AvgIpc) is 3.06. The van der Waals surface area contributed by atoms with E-state index in [1.54, 1.807) is 7.11 Å². The third-order valence-corrected chi connectivity index (χ3v) is 5.40. The summed E-state index contributed by atoms with van der Waals surface area (Å²) in [4.78, 5) is 2.45. The first-order valence-electron chi connectivity index (χ1n) is 8.10. The van der Waals surface area contributed by atoms with Gasteiger partial charge in [-0.15, -0.1) is 0 Å². The molecule has 2 aromatic carbocycles.